The van der Waals surface area contributed by atoms with E-state index in [1.165, 1.54) is 22.4 Å². The summed E-state index contributed by atoms with van der Waals surface area (Å²) in [6, 6.07) is 4.29. The van der Waals surface area contributed by atoms with Crippen LogP contribution in [0.3, 0.4) is 0 Å². The van der Waals surface area contributed by atoms with Crippen molar-refractivity contribution in [3.8, 4) is 0 Å². The van der Waals surface area contributed by atoms with Crippen LogP contribution in [0.2, 0.25) is 0 Å². The molecule has 0 saturated carbocycles. The van der Waals surface area contributed by atoms with E-state index in [0.717, 1.165) is 0 Å². The van der Waals surface area contributed by atoms with Crippen LogP contribution in [0, 0.1) is 20.8 Å². The lowest BCUT2D eigenvalue weighted by Crippen LogP contribution is -2.09. The highest BCUT2D eigenvalue weighted by molar-refractivity contribution is 5.58. The lowest BCUT2D eigenvalue weighted by molar-refractivity contribution is 1.15. The summed E-state index contributed by atoms with van der Waals surface area (Å²) in [6.45, 7) is 10.2. The Morgan fingerprint density at radius 1 is 1.15 bits per heavy atom. The van der Waals surface area contributed by atoms with Crippen molar-refractivity contribution >= 4 is 5.69 Å². The monoisotopic (exact) mass is 175 g/mol. The van der Waals surface area contributed by atoms with Gasteiger partial charge in [0, 0.05) is 12.7 Å². The molecular formula is C12H17N. The summed E-state index contributed by atoms with van der Waals surface area (Å²) < 4.78 is 0. The molecule has 1 rings (SSSR count). The van der Waals surface area contributed by atoms with Crippen LogP contribution in [-0.2, 0) is 0 Å². The molecule has 0 N–H and O–H groups in total. The van der Waals surface area contributed by atoms with Gasteiger partial charge in [0.25, 0.3) is 0 Å². The molecule has 70 valence electrons. The average Bonchev–Trinajstić information content (AvgIpc) is 2.13. The van der Waals surface area contributed by atoms with E-state index in [1.54, 1.807) is 0 Å². The zero-order valence-corrected chi connectivity index (χ0v) is 8.89. The van der Waals surface area contributed by atoms with Crippen LogP contribution in [0.1, 0.15) is 16.7 Å². The predicted octanol–water partition coefficient (Wildman–Crippen LogP) is 3.19. The minimum Gasteiger partial charge on any atom is -0.351 e. The van der Waals surface area contributed by atoms with Crippen LogP contribution in [0.4, 0.5) is 5.69 Å². The van der Waals surface area contributed by atoms with Crippen LogP contribution in [-0.4, -0.2) is 7.05 Å². The van der Waals surface area contributed by atoms with Gasteiger partial charge in [0.1, 0.15) is 0 Å². The van der Waals surface area contributed by atoms with Gasteiger partial charge in [0.15, 0.2) is 0 Å². The average molecular weight is 175 g/mol. The Kier molecular flexibility index (Phi) is 2.76. The van der Waals surface area contributed by atoms with Gasteiger partial charge < -0.3 is 4.90 Å². The summed E-state index contributed by atoms with van der Waals surface area (Å²) in [5.74, 6) is 0. The summed E-state index contributed by atoms with van der Waals surface area (Å²) in [5.41, 5.74) is 5.28. The molecule has 1 aromatic rings. The summed E-state index contributed by atoms with van der Waals surface area (Å²) in [7, 11) is 2.02. The van der Waals surface area contributed by atoms with E-state index >= 15 is 0 Å². The van der Waals surface area contributed by atoms with Gasteiger partial charge in [-0.1, -0.05) is 12.6 Å². The van der Waals surface area contributed by atoms with Gasteiger partial charge in [0.2, 0.25) is 0 Å². The quantitative estimate of drug-likeness (QED) is 0.667. The summed E-state index contributed by atoms with van der Waals surface area (Å²) in [5, 5.41) is 0. The van der Waals surface area contributed by atoms with Crippen molar-refractivity contribution in [1.82, 2.24) is 0 Å². The second kappa shape index (κ2) is 3.65. The third-order valence-corrected chi connectivity index (χ3v) is 2.68. The maximum atomic E-state index is 3.76. The number of hydrogen-bond donors (Lipinski definition) is 0. The molecule has 0 amide bonds. The predicted molar refractivity (Wildman–Crippen MR) is 59.3 cm³/mol. The molecular weight excluding hydrogens is 158 g/mol. The van der Waals surface area contributed by atoms with Crippen molar-refractivity contribution in [2.45, 2.75) is 20.8 Å². The first-order valence-electron chi connectivity index (χ1n) is 4.50. The highest BCUT2D eigenvalue weighted by atomic mass is 15.1. The fourth-order valence-corrected chi connectivity index (χ4v) is 1.42. The molecule has 0 atom stereocenters. The molecule has 13 heavy (non-hydrogen) atoms. The zero-order valence-electron chi connectivity index (χ0n) is 8.89. The first kappa shape index (κ1) is 9.85. The second-order valence-electron chi connectivity index (χ2n) is 3.45. The van der Waals surface area contributed by atoms with Crippen molar-refractivity contribution in [2.24, 2.45) is 0 Å². The van der Waals surface area contributed by atoms with E-state index in [2.05, 4.69) is 39.5 Å². The number of rotatable bonds is 2. The van der Waals surface area contributed by atoms with Gasteiger partial charge in [0.05, 0.1) is 0 Å². The minimum absolute atomic E-state index is 1.23. The lowest BCUT2D eigenvalue weighted by Gasteiger charge is -2.18. The SMILES string of the molecule is C=CN(C)c1ccc(C)c(C)c1C. The van der Waals surface area contributed by atoms with Gasteiger partial charge in [-0.2, -0.15) is 0 Å². The molecule has 0 saturated heterocycles. The molecule has 1 nitrogen and oxygen atoms in total. The molecule has 0 aliphatic carbocycles. The number of aryl methyl sites for hydroxylation is 1. The van der Waals surface area contributed by atoms with Gasteiger partial charge in [-0.25, -0.2) is 0 Å². The third kappa shape index (κ3) is 1.74. The number of benzene rings is 1. The molecule has 0 fully saturated rings. The van der Waals surface area contributed by atoms with Crippen molar-refractivity contribution < 1.29 is 0 Å². The largest absolute Gasteiger partial charge is 0.351 e. The Hall–Kier alpha value is -1.24. The number of hydrogen-bond acceptors (Lipinski definition) is 1. The van der Waals surface area contributed by atoms with Gasteiger partial charge >= 0.3 is 0 Å². The van der Waals surface area contributed by atoms with E-state index in [1.807, 2.05) is 18.1 Å². The molecule has 0 radical (unpaired) electrons. The Morgan fingerprint density at radius 3 is 2.31 bits per heavy atom. The first-order chi connectivity index (χ1) is 6.07. The van der Waals surface area contributed by atoms with E-state index < -0.39 is 0 Å². The van der Waals surface area contributed by atoms with E-state index in [0.29, 0.717) is 0 Å². The fraction of sp³-hybridized carbons (Fsp3) is 0.333. The molecule has 0 bridgehead atoms. The van der Waals surface area contributed by atoms with Gasteiger partial charge in [-0.15, -0.1) is 0 Å². The summed E-state index contributed by atoms with van der Waals surface area (Å²) in [4.78, 5) is 2.04. The maximum absolute atomic E-state index is 3.76. The van der Waals surface area contributed by atoms with Crippen LogP contribution in [0.25, 0.3) is 0 Å². The molecule has 0 aliphatic heterocycles. The van der Waals surface area contributed by atoms with Crippen molar-refractivity contribution in [3.05, 3.63) is 41.6 Å². The van der Waals surface area contributed by atoms with Gasteiger partial charge in [-0.3, -0.25) is 0 Å². The Bertz CT molecular complexity index is 326. The first-order valence-corrected chi connectivity index (χ1v) is 4.50. The van der Waals surface area contributed by atoms with Gasteiger partial charge in [-0.05, 0) is 49.7 Å². The molecule has 0 heterocycles. The lowest BCUT2D eigenvalue weighted by atomic mass is 10.0. The molecule has 1 aromatic carbocycles. The summed E-state index contributed by atoms with van der Waals surface area (Å²) >= 11 is 0. The number of anilines is 1. The Morgan fingerprint density at radius 2 is 1.77 bits per heavy atom. The van der Waals surface area contributed by atoms with E-state index in [9.17, 15) is 0 Å². The van der Waals surface area contributed by atoms with Crippen LogP contribution >= 0.6 is 0 Å². The molecule has 0 aliphatic rings. The van der Waals surface area contributed by atoms with Crippen LogP contribution < -0.4 is 4.90 Å². The zero-order chi connectivity index (χ0) is 10.0. The molecule has 0 unspecified atom stereocenters. The standard InChI is InChI=1S/C12H17N/c1-6-13(5)12-8-7-9(2)10(3)11(12)4/h6-8H,1H2,2-5H3. The van der Waals surface area contributed by atoms with E-state index in [4.69, 9.17) is 0 Å². The number of nitrogens with zero attached hydrogens (tertiary/aromatic N) is 1. The van der Waals surface area contributed by atoms with Crippen molar-refractivity contribution in [2.75, 3.05) is 11.9 Å². The molecule has 0 aromatic heterocycles. The minimum atomic E-state index is 1.23. The highest BCUT2D eigenvalue weighted by Crippen LogP contribution is 2.24. The topological polar surface area (TPSA) is 3.24 Å². The fourth-order valence-electron chi connectivity index (χ4n) is 1.42. The third-order valence-electron chi connectivity index (χ3n) is 2.68. The Labute approximate surface area is 80.7 Å². The highest BCUT2D eigenvalue weighted by Gasteiger charge is 2.04. The van der Waals surface area contributed by atoms with Crippen LogP contribution in [0.15, 0.2) is 24.9 Å². The summed E-state index contributed by atoms with van der Waals surface area (Å²) in [6.07, 6.45) is 1.83. The maximum Gasteiger partial charge on any atom is 0.0435 e. The van der Waals surface area contributed by atoms with Crippen molar-refractivity contribution in [1.29, 1.82) is 0 Å². The molecule has 1 heteroatoms. The van der Waals surface area contributed by atoms with Crippen molar-refractivity contribution in [3.63, 3.8) is 0 Å². The molecule has 0 spiro atoms. The van der Waals surface area contributed by atoms with E-state index in [-0.39, 0.29) is 0 Å². The smallest absolute Gasteiger partial charge is 0.0435 e. The Balaban J connectivity index is 3.25. The normalized spacial score (nSPS) is 9.85. The second-order valence-corrected chi connectivity index (χ2v) is 3.45. The van der Waals surface area contributed by atoms with Crippen LogP contribution in [0.5, 0.6) is 0 Å².